The summed E-state index contributed by atoms with van der Waals surface area (Å²) in [7, 11) is 2.90. The minimum absolute atomic E-state index is 0.0245. The molecule has 3 rings (SSSR count). The molecule has 0 atom stereocenters. The number of hydrogen-bond donors (Lipinski definition) is 3. The third kappa shape index (κ3) is 5.44. The van der Waals surface area contributed by atoms with E-state index in [0.29, 0.717) is 59.9 Å². The van der Waals surface area contributed by atoms with Crippen molar-refractivity contribution < 1.29 is 34.4 Å². The topological polar surface area (TPSA) is 120 Å². The molecule has 1 saturated heterocycles. The van der Waals surface area contributed by atoms with E-state index in [0.717, 1.165) is 0 Å². The summed E-state index contributed by atoms with van der Waals surface area (Å²) in [5.74, 6) is 0.287. The standard InChI is InChI=1S/C24H28N2O7/c1-32-21-13-17(12-18(14-27)19(21)15-28)24(31)26-9-7-25(8-10-26)23(30)6-4-16-3-5-20(29)22(11-16)33-2/h3-6,11-13,27-29H,7-10,14-15H2,1-2H3. The molecule has 176 valence electrons. The molecule has 2 aromatic rings. The lowest BCUT2D eigenvalue weighted by atomic mass is 10.0. The Bertz CT molecular complexity index is 1020. The fourth-order valence-electron chi connectivity index (χ4n) is 3.71. The number of methoxy groups -OCH3 is 2. The van der Waals surface area contributed by atoms with E-state index >= 15 is 0 Å². The Balaban J connectivity index is 1.63. The zero-order chi connectivity index (χ0) is 24.0. The van der Waals surface area contributed by atoms with Crippen molar-refractivity contribution in [2.75, 3.05) is 40.4 Å². The predicted molar refractivity (Wildman–Crippen MR) is 121 cm³/mol. The lowest BCUT2D eigenvalue weighted by Crippen LogP contribution is -2.50. The molecule has 1 fully saturated rings. The fourth-order valence-corrected chi connectivity index (χ4v) is 3.71. The Labute approximate surface area is 192 Å². The third-order valence-electron chi connectivity index (χ3n) is 5.60. The van der Waals surface area contributed by atoms with Gasteiger partial charge in [0.25, 0.3) is 5.91 Å². The first-order chi connectivity index (χ1) is 15.9. The van der Waals surface area contributed by atoms with Gasteiger partial charge in [-0.2, -0.15) is 0 Å². The number of benzene rings is 2. The highest BCUT2D eigenvalue weighted by atomic mass is 16.5. The van der Waals surface area contributed by atoms with Gasteiger partial charge in [0.2, 0.25) is 5.91 Å². The Morgan fingerprint density at radius 2 is 1.61 bits per heavy atom. The average Bonchev–Trinajstić information content (AvgIpc) is 2.86. The Kier molecular flexibility index (Phi) is 7.92. The summed E-state index contributed by atoms with van der Waals surface area (Å²) in [6, 6.07) is 7.92. The van der Waals surface area contributed by atoms with Crippen LogP contribution in [0.1, 0.15) is 27.0 Å². The van der Waals surface area contributed by atoms with Crippen LogP contribution in [0.5, 0.6) is 17.2 Å². The maximum absolute atomic E-state index is 13.0. The van der Waals surface area contributed by atoms with Gasteiger partial charge in [-0.3, -0.25) is 9.59 Å². The van der Waals surface area contributed by atoms with Crippen molar-refractivity contribution in [3.8, 4) is 17.2 Å². The highest BCUT2D eigenvalue weighted by Crippen LogP contribution is 2.27. The number of phenols is 1. The predicted octanol–water partition coefficient (Wildman–Crippen LogP) is 1.39. The van der Waals surface area contributed by atoms with E-state index in [1.807, 2.05) is 0 Å². The number of ether oxygens (including phenoxy) is 2. The highest BCUT2D eigenvalue weighted by molar-refractivity contribution is 5.96. The molecule has 0 radical (unpaired) electrons. The molecule has 1 heterocycles. The number of aliphatic hydroxyl groups is 2. The minimum atomic E-state index is -0.325. The van der Waals surface area contributed by atoms with Crippen LogP contribution in [0.25, 0.3) is 6.08 Å². The van der Waals surface area contributed by atoms with Gasteiger partial charge in [-0.1, -0.05) is 6.07 Å². The largest absolute Gasteiger partial charge is 0.504 e. The summed E-state index contributed by atoms with van der Waals surface area (Å²) >= 11 is 0. The van der Waals surface area contributed by atoms with Crippen LogP contribution in [-0.4, -0.2) is 77.3 Å². The maximum atomic E-state index is 13.0. The number of piperazine rings is 1. The molecular formula is C24H28N2O7. The molecule has 0 aromatic heterocycles. The van der Waals surface area contributed by atoms with Crippen molar-refractivity contribution in [1.29, 1.82) is 0 Å². The lowest BCUT2D eigenvalue weighted by molar-refractivity contribution is -0.127. The van der Waals surface area contributed by atoms with E-state index in [4.69, 9.17) is 9.47 Å². The molecule has 3 N–H and O–H groups in total. The van der Waals surface area contributed by atoms with Crippen molar-refractivity contribution in [1.82, 2.24) is 9.80 Å². The molecule has 2 amide bonds. The normalized spacial score (nSPS) is 13.9. The Morgan fingerprint density at radius 3 is 2.21 bits per heavy atom. The first kappa shape index (κ1) is 24.1. The molecule has 1 aliphatic rings. The fraction of sp³-hybridized carbons (Fsp3) is 0.333. The molecule has 33 heavy (non-hydrogen) atoms. The van der Waals surface area contributed by atoms with Gasteiger partial charge in [0.05, 0.1) is 27.4 Å². The monoisotopic (exact) mass is 456 g/mol. The van der Waals surface area contributed by atoms with E-state index in [2.05, 4.69) is 0 Å². The molecule has 1 aliphatic heterocycles. The number of aliphatic hydroxyl groups excluding tert-OH is 2. The summed E-state index contributed by atoms with van der Waals surface area (Å²) in [6.45, 7) is 0.862. The highest BCUT2D eigenvalue weighted by Gasteiger charge is 2.25. The summed E-state index contributed by atoms with van der Waals surface area (Å²) in [6.07, 6.45) is 3.10. The minimum Gasteiger partial charge on any atom is -0.504 e. The number of carbonyl (C=O) groups excluding carboxylic acids is 2. The summed E-state index contributed by atoms with van der Waals surface area (Å²) in [5, 5.41) is 28.8. The lowest BCUT2D eigenvalue weighted by Gasteiger charge is -2.34. The maximum Gasteiger partial charge on any atom is 0.254 e. The van der Waals surface area contributed by atoms with Gasteiger partial charge >= 0.3 is 0 Å². The molecule has 0 unspecified atom stereocenters. The van der Waals surface area contributed by atoms with Crippen LogP contribution in [0.2, 0.25) is 0 Å². The van der Waals surface area contributed by atoms with E-state index < -0.39 is 0 Å². The zero-order valence-electron chi connectivity index (χ0n) is 18.7. The molecule has 9 nitrogen and oxygen atoms in total. The number of phenolic OH excluding ortho intramolecular Hbond substituents is 1. The SMILES string of the molecule is COc1cc(C=CC(=O)N2CCN(C(=O)c3cc(CO)c(CO)c(OC)c3)CC2)ccc1O. The van der Waals surface area contributed by atoms with Gasteiger partial charge < -0.3 is 34.6 Å². The van der Waals surface area contributed by atoms with E-state index in [9.17, 15) is 24.9 Å². The van der Waals surface area contributed by atoms with Crippen molar-refractivity contribution in [3.63, 3.8) is 0 Å². The first-order valence-electron chi connectivity index (χ1n) is 10.5. The van der Waals surface area contributed by atoms with Crippen LogP contribution in [0.15, 0.2) is 36.4 Å². The van der Waals surface area contributed by atoms with Gasteiger partial charge in [-0.25, -0.2) is 0 Å². The van der Waals surface area contributed by atoms with Crippen LogP contribution in [0.4, 0.5) is 0 Å². The Morgan fingerprint density at radius 1 is 0.939 bits per heavy atom. The van der Waals surface area contributed by atoms with Crippen molar-refractivity contribution in [2.24, 2.45) is 0 Å². The second-order valence-corrected chi connectivity index (χ2v) is 7.51. The van der Waals surface area contributed by atoms with Gasteiger partial charge in [0.15, 0.2) is 11.5 Å². The molecule has 0 aliphatic carbocycles. The second-order valence-electron chi connectivity index (χ2n) is 7.51. The smallest absolute Gasteiger partial charge is 0.254 e. The van der Waals surface area contributed by atoms with Gasteiger partial charge in [0, 0.05) is 43.4 Å². The molecule has 9 heteroatoms. The van der Waals surface area contributed by atoms with Crippen molar-refractivity contribution in [2.45, 2.75) is 13.2 Å². The van der Waals surface area contributed by atoms with Gasteiger partial charge in [-0.15, -0.1) is 0 Å². The Hall–Kier alpha value is -3.56. The van der Waals surface area contributed by atoms with E-state index in [-0.39, 0.29) is 30.8 Å². The van der Waals surface area contributed by atoms with Crippen LogP contribution in [0.3, 0.4) is 0 Å². The third-order valence-corrected chi connectivity index (χ3v) is 5.60. The number of nitrogens with zero attached hydrogens (tertiary/aromatic N) is 2. The van der Waals surface area contributed by atoms with Crippen LogP contribution in [-0.2, 0) is 18.0 Å². The van der Waals surface area contributed by atoms with Gasteiger partial charge in [0.1, 0.15) is 5.75 Å². The van der Waals surface area contributed by atoms with E-state index in [1.165, 1.54) is 26.4 Å². The van der Waals surface area contributed by atoms with Gasteiger partial charge in [-0.05, 0) is 41.5 Å². The number of hydrogen-bond acceptors (Lipinski definition) is 7. The number of aromatic hydroxyl groups is 1. The molecule has 2 aromatic carbocycles. The molecule has 0 bridgehead atoms. The first-order valence-corrected chi connectivity index (χ1v) is 10.5. The second kappa shape index (κ2) is 10.8. The number of amides is 2. The molecule has 0 saturated carbocycles. The van der Waals surface area contributed by atoms with E-state index in [1.54, 1.807) is 40.1 Å². The number of rotatable bonds is 7. The van der Waals surface area contributed by atoms with Crippen molar-refractivity contribution >= 4 is 17.9 Å². The quantitative estimate of drug-likeness (QED) is 0.539. The van der Waals surface area contributed by atoms with Crippen LogP contribution >= 0.6 is 0 Å². The van der Waals surface area contributed by atoms with Crippen molar-refractivity contribution in [3.05, 3.63) is 58.7 Å². The van der Waals surface area contributed by atoms with Crippen LogP contribution in [0, 0.1) is 0 Å². The molecule has 0 spiro atoms. The average molecular weight is 456 g/mol. The van der Waals surface area contributed by atoms with Crippen LogP contribution < -0.4 is 9.47 Å². The summed E-state index contributed by atoms with van der Waals surface area (Å²) in [4.78, 5) is 28.9. The summed E-state index contributed by atoms with van der Waals surface area (Å²) in [5.41, 5.74) is 1.95. The molecular weight excluding hydrogens is 428 g/mol. The summed E-state index contributed by atoms with van der Waals surface area (Å²) < 4.78 is 10.3. The number of carbonyl (C=O) groups is 2. The zero-order valence-corrected chi connectivity index (χ0v) is 18.7.